The van der Waals surface area contributed by atoms with Crippen molar-refractivity contribution in [2.24, 2.45) is 0 Å². The molecule has 27 heavy (non-hydrogen) atoms. The van der Waals surface area contributed by atoms with Gasteiger partial charge in [-0.2, -0.15) is 0 Å². The second-order valence-corrected chi connectivity index (χ2v) is 7.83. The molecule has 2 aromatic heterocycles. The molecule has 3 aromatic rings. The van der Waals surface area contributed by atoms with Crippen molar-refractivity contribution in [2.45, 2.75) is 43.7 Å². The van der Waals surface area contributed by atoms with E-state index >= 15 is 0 Å². The first-order valence-corrected chi connectivity index (χ1v) is 9.80. The Balaban J connectivity index is 2.02. The van der Waals surface area contributed by atoms with Gasteiger partial charge in [0.25, 0.3) is 5.56 Å². The van der Waals surface area contributed by atoms with Gasteiger partial charge in [0.05, 0.1) is 17.3 Å². The zero-order valence-electron chi connectivity index (χ0n) is 15.4. The van der Waals surface area contributed by atoms with Gasteiger partial charge in [0.15, 0.2) is 0 Å². The smallest absolute Gasteiger partial charge is 0.301 e. The van der Waals surface area contributed by atoms with E-state index in [0.717, 1.165) is 16.0 Å². The summed E-state index contributed by atoms with van der Waals surface area (Å²) in [5.74, 6) is 0. The van der Waals surface area contributed by atoms with Crippen LogP contribution in [-0.4, -0.2) is 14.5 Å². The molecular formula is C20H20ClN3O2S. The normalized spacial score (nSPS) is 11.0. The fourth-order valence-electron chi connectivity index (χ4n) is 2.94. The molecule has 0 atom stereocenters. The molecule has 2 heterocycles. The number of benzene rings is 1. The van der Waals surface area contributed by atoms with Crippen molar-refractivity contribution in [3.05, 3.63) is 84.8 Å². The molecule has 1 aromatic carbocycles. The Morgan fingerprint density at radius 2 is 1.85 bits per heavy atom. The molecule has 7 heteroatoms. The van der Waals surface area contributed by atoms with Crippen LogP contribution in [0.15, 0.2) is 55.9 Å². The number of aromatic amines is 1. The van der Waals surface area contributed by atoms with Crippen LogP contribution in [0.1, 0.15) is 29.3 Å². The van der Waals surface area contributed by atoms with Crippen LogP contribution in [0.4, 0.5) is 0 Å². The minimum absolute atomic E-state index is 0.0796. The lowest BCUT2D eigenvalue weighted by molar-refractivity contribution is 0.653. The van der Waals surface area contributed by atoms with E-state index in [1.165, 1.54) is 16.3 Å². The molecule has 140 valence electrons. The summed E-state index contributed by atoms with van der Waals surface area (Å²) in [4.78, 5) is 33.5. The number of hydrogen-bond acceptors (Lipinski definition) is 4. The van der Waals surface area contributed by atoms with Crippen LogP contribution in [0, 0.1) is 13.8 Å². The molecule has 0 spiro atoms. The van der Waals surface area contributed by atoms with E-state index in [-0.39, 0.29) is 12.1 Å². The summed E-state index contributed by atoms with van der Waals surface area (Å²) >= 11 is 7.31. The van der Waals surface area contributed by atoms with Crippen LogP contribution in [0.3, 0.4) is 0 Å². The van der Waals surface area contributed by atoms with Gasteiger partial charge in [0, 0.05) is 10.5 Å². The van der Waals surface area contributed by atoms with Crippen LogP contribution in [0.25, 0.3) is 0 Å². The molecule has 0 aliphatic rings. The predicted molar refractivity (Wildman–Crippen MR) is 109 cm³/mol. The van der Waals surface area contributed by atoms with E-state index in [1.807, 2.05) is 32.9 Å². The highest BCUT2D eigenvalue weighted by atomic mass is 35.5. The number of aryl methyl sites for hydroxylation is 2. The van der Waals surface area contributed by atoms with E-state index in [4.69, 9.17) is 11.6 Å². The highest BCUT2D eigenvalue weighted by Gasteiger charge is 2.15. The third-order valence-electron chi connectivity index (χ3n) is 4.10. The standard InChI is InChI=1S/C20H20ClN3O2S/c1-4-16-18(27-15-9-12(2)8-13(3)10-15)23-20(26)24(19(16)25)11-14-6-5-7-17(21)22-14/h5-10H,4,11H2,1-3H3,(H,23,26). The van der Waals surface area contributed by atoms with Crippen LogP contribution in [-0.2, 0) is 13.0 Å². The number of nitrogens with zero attached hydrogens (tertiary/aromatic N) is 2. The minimum Gasteiger partial charge on any atom is -0.301 e. The Morgan fingerprint density at radius 3 is 2.48 bits per heavy atom. The van der Waals surface area contributed by atoms with Gasteiger partial charge in [-0.3, -0.25) is 9.36 Å². The van der Waals surface area contributed by atoms with E-state index < -0.39 is 5.69 Å². The van der Waals surface area contributed by atoms with Crippen LogP contribution in [0.2, 0.25) is 5.15 Å². The second-order valence-electron chi connectivity index (χ2n) is 6.36. The lowest BCUT2D eigenvalue weighted by Gasteiger charge is -2.12. The van der Waals surface area contributed by atoms with Gasteiger partial charge in [-0.05, 0) is 55.7 Å². The molecule has 0 aliphatic heterocycles. The third-order valence-corrected chi connectivity index (χ3v) is 5.34. The molecule has 0 saturated heterocycles. The number of rotatable bonds is 5. The lowest BCUT2D eigenvalue weighted by atomic mass is 10.2. The highest BCUT2D eigenvalue weighted by Crippen LogP contribution is 2.28. The molecular weight excluding hydrogens is 382 g/mol. The van der Waals surface area contributed by atoms with Gasteiger partial charge in [0.1, 0.15) is 5.15 Å². The Kier molecular flexibility index (Phi) is 5.87. The van der Waals surface area contributed by atoms with Crippen LogP contribution in [0.5, 0.6) is 0 Å². The zero-order valence-corrected chi connectivity index (χ0v) is 16.9. The summed E-state index contributed by atoms with van der Waals surface area (Å²) in [5.41, 5.74) is 2.67. The fourth-order valence-corrected chi connectivity index (χ4v) is 4.34. The number of halogens is 1. The van der Waals surface area contributed by atoms with Crippen molar-refractivity contribution in [3.8, 4) is 0 Å². The van der Waals surface area contributed by atoms with E-state index in [0.29, 0.717) is 27.9 Å². The second kappa shape index (κ2) is 8.15. The molecule has 0 aliphatic carbocycles. The van der Waals surface area contributed by atoms with Crippen molar-refractivity contribution in [3.63, 3.8) is 0 Å². The molecule has 3 rings (SSSR count). The molecule has 0 unspecified atom stereocenters. The number of H-pyrrole nitrogens is 1. The van der Waals surface area contributed by atoms with Gasteiger partial charge >= 0.3 is 5.69 Å². The van der Waals surface area contributed by atoms with E-state index in [2.05, 4.69) is 16.0 Å². The molecule has 5 nitrogen and oxygen atoms in total. The van der Waals surface area contributed by atoms with Crippen molar-refractivity contribution >= 4 is 23.4 Å². The lowest BCUT2D eigenvalue weighted by Crippen LogP contribution is -2.38. The molecule has 0 fully saturated rings. The Hall–Kier alpha value is -2.31. The SMILES string of the molecule is CCc1c(Sc2cc(C)cc(C)c2)[nH]c(=O)n(Cc2cccc(Cl)n2)c1=O. The Morgan fingerprint density at radius 1 is 1.15 bits per heavy atom. The summed E-state index contributed by atoms with van der Waals surface area (Å²) in [6, 6.07) is 11.3. The monoisotopic (exact) mass is 401 g/mol. The molecule has 0 saturated carbocycles. The van der Waals surface area contributed by atoms with E-state index in [9.17, 15) is 9.59 Å². The van der Waals surface area contributed by atoms with Gasteiger partial charge in [-0.25, -0.2) is 9.78 Å². The van der Waals surface area contributed by atoms with Gasteiger partial charge in [-0.15, -0.1) is 0 Å². The maximum Gasteiger partial charge on any atom is 0.329 e. The largest absolute Gasteiger partial charge is 0.329 e. The number of aromatic nitrogens is 3. The summed E-state index contributed by atoms with van der Waals surface area (Å²) in [7, 11) is 0. The van der Waals surface area contributed by atoms with Crippen molar-refractivity contribution in [1.29, 1.82) is 0 Å². The minimum atomic E-state index is -0.453. The fraction of sp³-hybridized carbons (Fsp3) is 0.250. The van der Waals surface area contributed by atoms with Crippen LogP contribution < -0.4 is 11.2 Å². The predicted octanol–water partition coefficient (Wildman–Crippen LogP) is 3.96. The average molecular weight is 402 g/mol. The Labute approximate surface area is 166 Å². The van der Waals surface area contributed by atoms with Gasteiger partial charge in [-0.1, -0.05) is 42.4 Å². The average Bonchev–Trinajstić information content (AvgIpc) is 2.58. The molecule has 1 N–H and O–H groups in total. The summed E-state index contributed by atoms with van der Waals surface area (Å²) < 4.78 is 1.17. The van der Waals surface area contributed by atoms with Crippen molar-refractivity contribution < 1.29 is 0 Å². The molecule has 0 radical (unpaired) electrons. The maximum absolute atomic E-state index is 12.9. The molecule has 0 bridgehead atoms. The van der Waals surface area contributed by atoms with E-state index in [1.54, 1.807) is 18.2 Å². The summed E-state index contributed by atoms with van der Waals surface area (Å²) in [5, 5.41) is 0.919. The van der Waals surface area contributed by atoms with Crippen LogP contribution >= 0.6 is 23.4 Å². The summed E-state index contributed by atoms with van der Waals surface area (Å²) in [6.45, 7) is 6.03. The highest BCUT2D eigenvalue weighted by molar-refractivity contribution is 7.99. The van der Waals surface area contributed by atoms with Crippen molar-refractivity contribution in [1.82, 2.24) is 14.5 Å². The third kappa shape index (κ3) is 4.51. The Bertz CT molecular complexity index is 1080. The number of nitrogens with one attached hydrogen (secondary N) is 1. The van der Waals surface area contributed by atoms with Gasteiger partial charge < -0.3 is 4.98 Å². The molecule has 0 amide bonds. The first-order chi connectivity index (χ1) is 12.9. The maximum atomic E-state index is 12.9. The zero-order chi connectivity index (χ0) is 19.6. The first-order valence-electron chi connectivity index (χ1n) is 8.61. The number of hydrogen-bond donors (Lipinski definition) is 1. The number of pyridine rings is 1. The quantitative estimate of drug-likeness (QED) is 0.519. The van der Waals surface area contributed by atoms with Gasteiger partial charge in [0.2, 0.25) is 0 Å². The topological polar surface area (TPSA) is 67.8 Å². The van der Waals surface area contributed by atoms with Crippen molar-refractivity contribution in [2.75, 3.05) is 0 Å². The first kappa shape index (κ1) is 19.5. The summed E-state index contributed by atoms with van der Waals surface area (Å²) in [6.07, 6.45) is 0.520.